The minimum absolute atomic E-state index is 0.0429. The number of allylic oxidation sites excluding steroid dienone is 2. The van der Waals surface area contributed by atoms with Crippen LogP contribution in [0.3, 0.4) is 0 Å². The van der Waals surface area contributed by atoms with Crippen LogP contribution in [0, 0.1) is 18.3 Å². The highest BCUT2D eigenvalue weighted by Gasteiger charge is 2.29. The second kappa shape index (κ2) is 8.91. The highest BCUT2D eigenvalue weighted by Crippen LogP contribution is 2.37. The van der Waals surface area contributed by atoms with Gasteiger partial charge in [-0.15, -0.1) is 11.3 Å². The van der Waals surface area contributed by atoms with Gasteiger partial charge < -0.3 is 21.5 Å². The quantitative estimate of drug-likeness (QED) is 0.445. The molecule has 0 amide bonds. The lowest BCUT2D eigenvalue weighted by atomic mass is 9.90. The lowest BCUT2D eigenvalue weighted by Gasteiger charge is -2.25. The third-order valence-corrected chi connectivity index (χ3v) is 6.86. The van der Waals surface area contributed by atoms with Crippen molar-refractivity contribution in [3.05, 3.63) is 52.2 Å². The Hall–Kier alpha value is -2.47. The van der Waals surface area contributed by atoms with E-state index in [2.05, 4.69) is 62.0 Å². The highest BCUT2D eigenvalue weighted by molar-refractivity contribution is 7.16. The van der Waals surface area contributed by atoms with Gasteiger partial charge in [0, 0.05) is 24.7 Å². The minimum Gasteiger partial charge on any atom is -0.364 e. The van der Waals surface area contributed by atoms with E-state index in [1.165, 1.54) is 32.3 Å². The van der Waals surface area contributed by atoms with Crippen LogP contribution in [0.25, 0.3) is 16.3 Å². The zero-order valence-corrected chi connectivity index (χ0v) is 19.1. The molecule has 29 heavy (non-hydrogen) atoms. The fraction of sp³-hybridized carbons (Fsp3) is 0.435. The molecule has 0 aromatic carbocycles. The number of rotatable bonds is 8. The van der Waals surface area contributed by atoms with Crippen LogP contribution in [-0.2, 0) is 0 Å². The molecule has 3 heterocycles. The molecule has 1 atom stereocenters. The molecule has 0 radical (unpaired) electrons. The molecule has 6 heteroatoms. The molecule has 0 saturated carbocycles. The zero-order valence-electron chi connectivity index (χ0n) is 18.3. The summed E-state index contributed by atoms with van der Waals surface area (Å²) in [6.07, 6.45) is 6.26. The molecule has 1 aliphatic heterocycles. The normalized spacial score (nSPS) is 16.9. The third kappa shape index (κ3) is 4.27. The topological polar surface area (TPSA) is 64.9 Å². The van der Waals surface area contributed by atoms with E-state index in [9.17, 15) is 0 Å². The van der Waals surface area contributed by atoms with Crippen molar-refractivity contribution < 1.29 is 0 Å². The number of aromatic nitrogens is 1. The summed E-state index contributed by atoms with van der Waals surface area (Å²) in [5, 5.41) is 15.4. The zero-order chi connectivity index (χ0) is 21.1. The van der Waals surface area contributed by atoms with Gasteiger partial charge in [0.15, 0.2) is 0 Å². The molecule has 2 aromatic rings. The largest absolute Gasteiger partial charge is 0.364 e. The smallest absolute Gasteiger partial charge is 0.119 e. The molecule has 0 fully saturated rings. The number of aryl methyl sites for hydroxylation is 1. The van der Waals surface area contributed by atoms with Crippen molar-refractivity contribution in [1.82, 2.24) is 15.3 Å². The Bertz CT molecular complexity index is 942. The Morgan fingerprint density at radius 1 is 1.31 bits per heavy atom. The first kappa shape index (κ1) is 21.2. The lowest BCUT2D eigenvalue weighted by Crippen LogP contribution is -2.37. The summed E-state index contributed by atoms with van der Waals surface area (Å²) in [4.78, 5) is 2.51. The Morgan fingerprint density at radius 2 is 2.03 bits per heavy atom. The first-order valence-electron chi connectivity index (χ1n) is 10.4. The molecular formula is C23H33N5S. The first-order chi connectivity index (χ1) is 13.9. The van der Waals surface area contributed by atoms with Crippen LogP contribution in [0.15, 0.2) is 41.7 Å². The van der Waals surface area contributed by atoms with Gasteiger partial charge in [-0.3, -0.25) is 4.68 Å². The average Bonchev–Trinajstić information content (AvgIpc) is 3.39. The second-order valence-electron chi connectivity index (χ2n) is 7.67. The summed E-state index contributed by atoms with van der Waals surface area (Å²) >= 11 is 1.81. The van der Waals surface area contributed by atoms with Crippen molar-refractivity contribution in [2.45, 2.75) is 53.6 Å². The molecule has 0 aliphatic carbocycles. The monoisotopic (exact) mass is 411 g/mol. The van der Waals surface area contributed by atoms with Crippen molar-refractivity contribution in [3.8, 4) is 10.6 Å². The summed E-state index contributed by atoms with van der Waals surface area (Å²) in [5.41, 5.74) is 9.85. The van der Waals surface area contributed by atoms with Crippen LogP contribution >= 0.6 is 11.3 Å². The predicted molar refractivity (Wildman–Crippen MR) is 126 cm³/mol. The number of thiophene rings is 1. The van der Waals surface area contributed by atoms with E-state index in [-0.39, 0.29) is 6.17 Å². The van der Waals surface area contributed by atoms with E-state index in [1.54, 1.807) is 0 Å². The Balaban J connectivity index is 1.91. The van der Waals surface area contributed by atoms with Gasteiger partial charge in [-0.25, -0.2) is 0 Å². The van der Waals surface area contributed by atoms with Crippen molar-refractivity contribution in [2.75, 3.05) is 12.5 Å². The van der Waals surface area contributed by atoms with Crippen molar-refractivity contribution in [2.24, 2.45) is 5.92 Å². The molecule has 0 bridgehead atoms. The number of nitrogens with one attached hydrogen (secondary N) is 4. The molecule has 0 saturated heterocycles. The molecule has 156 valence electrons. The predicted octanol–water partition coefficient (Wildman–Crippen LogP) is 5.31. The highest BCUT2D eigenvalue weighted by atomic mass is 32.1. The van der Waals surface area contributed by atoms with Gasteiger partial charge in [0.2, 0.25) is 0 Å². The molecule has 1 unspecified atom stereocenters. The number of hydrogen-bond donors (Lipinski definition) is 4. The third-order valence-electron chi connectivity index (χ3n) is 5.58. The summed E-state index contributed by atoms with van der Waals surface area (Å²) in [5.74, 6) is 0.464. The molecule has 0 spiro atoms. The standard InChI is InChI=1S/C23H33N5S/c1-7-17(8-2)18(13-15(4)24)23-26-16(5)21(27-23)22-14(3)12-20(29-22)19-10-9-11-28(19)25-6/h9-13,17,23-27H,7-8H2,1-6H3/b18-13-,24-15?. The maximum atomic E-state index is 8.00. The van der Waals surface area contributed by atoms with Gasteiger partial charge in [0.05, 0.1) is 21.1 Å². The van der Waals surface area contributed by atoms with Crippen molar-refractivity contribution >= 4 is 22.7 Å². The molecule has 5 nitrogen and oxygen atoms in total. The van der Waals surface area contributed by atoms with Crippen LogP contribution in [0.1, 0.15) is 51.0 Å². The summed E-state index contributed by atoms with van der Waals surface area (Å²) < 4.78 is 2.04. The first-order valence-corrected chi connectivity index (χ1v) is 11.2. The summed E-state index contributed by atoms with van der Waals surface area (Å²) in [6.45, 7) is 10.6. The fourth-order valence-electron chi connectivity index (χ4n) is 4.06. The van der Waals surface area contributed by atoms with Gasteiger partial charge in [-0.1, -0.05) is 13.8 Å². The Kier molecular flexibility index (Phi) is 6.52. The molecular weight excluding hydrogens is 378 g/mol. The average molecular weight is 412 g/mol. The van der Waals surface area contributed by atoms with Crippen LogP contribution < -0.4 is 16.1 Å². The van der Waals surface area contributed by atoms with Crippen LogP contribution in [0.5, 0.6) is 0 Å². The number of hydrogen-bond acceptors (Lipinski definition) is 5. The summed E-state index contributed by atoms with van der Waals surface area (Å²) in [6, 6.07) is 6.46. The van der Waals surface area contributed by atoms with E-state index in [4.69, 9.17) is 5.41 Å². The van der Waals surface area contributed by atoms with Gasteiger partial charge in [0.1, 0.15) is 6.17 Å². The lowest BCUT2D eigenvalue weighted by molar-refractivity contribution is 0.492. The van der Waals surface area contributed by atoms with Crippen molar-refractivity contribution in [1.29, 1.82) is 5.41 Å². The second-order valence-corrected chi connectivity index (χ2v) is 8.72. The van der Waals surface area contributed by atoms with E-state index < -0.39 is 0 Å². The van der Waals surface area contributed by atoms with Crippen LogP contribution in [0.4, 0.5) is 0 Å². The van der Waals surface area contributed by atoms with Crippen molar-refractivity contribution in [3.63, 3.8) is 0 Å². The molecule has 1 aliphatic rings. The maximum absolute atomic E-state index is 8.00. The van der Waals surface area contributed by atoms with E-state index in [0.29, 0.717) is 11.6 Å². The minimum atomic E-state index is 0.0429. The van der Waals surface area contributed by atoms with E-state index in [1.807, 2.05) is 42.3 Å². The van der Waals surface area contributed by atoms with E-state index >= 15 is 0 Å². The summed E-state index contributed by atoms with van der Waals surface area (Å²) in [7, 11) is 1.93. The van der Waals surface area contributed by atoms with Gasteiger partial charge in [-0.2, -0.15) is 0 Å². The fourth-order valence-corrected chi connectivity index (χ4v) is 5.32. The van der Waals surface area contributed by atoms with Gasteiger partial charge in [-0.05, 0) is 74.9 Å². The Morgan fingerprint density at radius 3 is 2.66 bits per heavy atom. The Labute approximate surface area is 178 Å². The molecule has 3 rings (SSSR count). The van der Waals surface area contributed by atoms with Crippen LogP contribution in [-0.4, -0.2) is 23.6 Å². The van der Waals surface area contributed by atoms with Gasteiger partial charge >= 0.3 is 0 Å². The van der Waals surface area contributed by atoms with Gasteiger partial charge in [0.25, 0.3) is 0 Å². The SMILES string of the molecule is CCC(CC)/C(=C/C(C)=N)C1NC(C)=C(c2sc(-c3cccn3NC)cc2C)N1. The number of nitrogens with zero attached hydrogens (tertiary/aromatic N) is 1. The van der Waals surface area contributed by atoms with Crippen LogP contribution in [0.2, 0.25) is 0 Å². The molecule has 4 N–H and O–H groups in total. The maximum Gasteiger partial charge on any atom is 0.119 e. The molecule has 2 aromatic heterocycles. The van der Waals surface area contributed by atoms with E-state index in [0.717, 1.165) is 18.5 Å².